The first-order valence-corrected chi connectivity index (χ1v) is 5.79. The van der Waals surface area contributed by atoms with E-state index in [-0.39, 0.29) is 18.0 Å². The second-order valence-electron chi connectivity index (χ2n) is 4.39. The summed E-state index contributed by atoms with van der Waals surface area (Å²) in [6.07, 6.45) is 0. The van der Waals surface area contributed by atoms with E-state index in [0.29, 0.717) is 12.5 Å². The van der Waals surface area contributed by atoms with Gasteiger partial charge in [0.05, 0.1) is 6.54 Å². The van der Waals surface area contributed by atoms with E-state index in [2.05, 4.69) is 10.6 Å². The zero-order valence-corrected chi connectivity index (χ0v) is 10.5. The Labute approximate surface area is 106 Å². The highest BCUT2D eigenvalue weighted by Crippen LogP contribution is 2.02. The van der Waals surface area contributed by atoms with E-state index >= 15 is 0 Å². The van der Waals surface area contributed by atoms with Crippen LogP contribution in [-0.2, 0) is 4.79 Å². The number of hydrogen-bond acceptors (Lipinski definition) is 2. The van der Waals surface area contributed by atoms with Gasteiger partial charge in [0.1, 0.15) is 5.82 Å². The lowest BCUT2D eigenvalue weighted by Gasteiger charge is -2.08. The summed E-state index contributed by atoms with van der Waals surface area (Å²) in [5.74, 6) is -0.845. The summed E-state index contributed by atoms with van der Waals surface area (Å²) in [5.41, 5.74) is 0.201. The summed E-state index contributed by atoms with van der Waals surface area (Å²) < 4.78 is 12.9. The van der Waals surface area contributed by atoms with E-state index in [1.807, 2.05) is 13.8 Å². The maximum atomic E-state index is 12.9. The molecule has 2 N–H and O–H groups in total. The second-order valence-corrected chi connectivity index (χ2v) is 4.39. The fourth-order valence-electron chi connectivity index (χ4n) is 1.27. The monoisotopic (exact) mass is 252 g/mol. The average molecular weight is 252 g/mol. The van der Waals surface area contributed by atoms with Crippen LogP contribution in [0.25, 0.3) is 0 Å². The lowest BCUT2D eigenvalue weighted by molar-refractivity contribution is -0.120. The van der Waals surface area contributed by atoms with E-state index in [0.717, 1.165) is 6.07 Å². The number of benzene rings is 1. The molecule has 98 valence electrons. The standard InChI is InChI=1S/C13H17FN2O2/c1-9(2)7-15-12(17)8-16-13(18)10-4-3-5-11(14)6-10/h3-6,9H,7-8H2,1-2H3,(H,15,17)(H,16,18). The molecule has 5 heteroatoms. The molecule has 0 heterocycles. The van der Waals surface area contributed by atoms with Crippen LogP contribution in [0.5, 0.6) is 0 Å². The molecule has 0 aliphatic carbocycles. The lowest BCUT2D eigenvalue weighted by atomic mass is 10.2. The maximum Gasteiger partial charge on any atom is 0.251 e. The van der Waals surface area contributed by atoms with Gasteiger partial charge in [-0.15, -0.1) is 0 Å². The van der Waals surface area contributed by atoms with Gasteiger partial charge >= 0.3 is 0 Å². The Bertz CT molecular complexity index is 433. The highest BCUT2D eigenvalue weighted by Gasteiger charge is 2.08. The highest BCUT2D eigenvalue weighted by atomic mass is 19.1. The molecule has 0 aliphatic heterocycles. The van der Waals surface area contributed by atoms with Crippen molar-refractivity contribution in [3.8, 4) is 0 Å². The Hall–Kier alpha value is -1.91. The molecule has 0 atom stereocenters. The first-order chi connectivity index (χ1) is 8.49. The molecule has 2 amide bonds. The van der Waals surface area contributed by atoms with Gasteiger partial charge in [0.15, 0.2) is 0 Å². The van der Waals surface area contributed by atoms with Crippen molar-refractivity contribution in [1.82, 2.24) is 10.6 Å². The minimum Gasteiger partial charge on any atom is -0.354 e. The van der Waals surface area contributed by atoms with Gasteiger partial charge in [0.25, 0.3) is 5.91 Å². The number of carbonyl (C=O) groups excluding carboxylic acids is 2. The molecular weight excluding hydrogens is 235 g/mol. The van der Waals surface area contributed by atoms with Gasteiger partial charge in [0.2, 0.25) is 5.91 Å². The lowest BCUT2D eigenvalue weighted by Crippen LogP contribution is -2.38. The molecule has 0 unspecified atom stereocenters. The van der Waals surface area contributed by atoms with Gasteiger partial charge < -0.3 is 10.6 Å². The zero-order valence-electron chi connectivity index (χ0n) is 10.5. The van der Waals surface area contributed by atoms with Crippen LogP contribution in [0.4, 0.5) is 4.39 Å². The van der Waals surface area contributed by atoms with E-state index in [1.165, 1.54) is 18.2 Å². The van der Waals surface area contributed by atoms with Crippen molar-refractivity contribution in [1.29, 1.82) is 0 Å². The summed E-state index contributed by atoms with van der Waals surface area (Å²) in [4.78, 5) is 22.9. The van der Waals surface area contributed by atoms with Gasteiger partial charge in [0, 0.05) is 12.1 Å². The third kappa shape index (κ3) is 4.95. The predicted octanol–water partition coefficient (Wildman–Crippen LogP) is 1.33. The Balaban J connectivity index is 2.39. The SMILES string of the molecule is CC(C)CNC(=O)CNC(=O)c1cccc(F)c1. The second kappa shape index (κ2) is 6.74. The molecule has 1 aromatic carbocycles. The largest absolute Gasteiger partial charge is 0.354 e. The topological polar surface area (TPSA) is 58.2 Å². The molecule has 1 aromatic rings. The zero-order chi connectivity index (χ0) is 13.5. The number of hydrogen-bond donors (Lipinski definition) is 2. The minimum atomic E-state index is -0.480. The van der Waals surface area contributed by atoms with Crippen molar-refractivity contribution < 1.29 is 14.0 Å². The predicted molar refractivity (Wildman–Crippen MR) is 66.6 cm³/mol. The molecule has 1 rings (SSSR count). The van der Waals surface area contributed by atoms with Crippen LogP contribution in [0, 0.1) is 11.7 Å². The van der Waals surface area contributed by atoms with Crippen molar-refractivity contribution in [2.45, 2.75) is 13.8 Å². The molecule has 0 radical (unpaired) electrons. The van der Waals surface area contributed by atoms with E-state index in [9.17, 15) is 14.0 Å². The van der Waals surface area contributed by atoms with Gasteiger partial charge in [-0.2, -0.15) is 0 Å². The quantitative estimate of drug-likeness (QED) is 0.830. The fourth-order valence-corrected chi connectivity index (χ4v) is 1.27. The molecule has 0 bridgehead atoms. The average Bonchev–Trinajstić information content (AvgIpc) is 2.33. The summed E-state index contributed by atoms with van der Waals surface area (Å²) >= 11 is 0. The van der Waals surface area contributed by atoms with Gasteiger partial charge in [-0.25, -0.2) is 4.39 Å². The number of nitrogens with one attached hydrogen (secondary N) is 2. The van der Waals surface area contributed by atoms with Crippen molar-refractivity contribution >= 4 is 11.8 Å². The van der Waals surface area contributed by atoms with Gasteiger partial charge in [-0.3, -0.25) is 9.59 Å². The molecule has 18 heavy (non-hydrogen) atoms. The van der Waals surface area contributed by atoms with E-state index in [4.69, 9.17) is 0 Å². The van der Waals surface area contributed by atoms with E-state index < -0.39 is 11.7 Å². The van der Waals surface area contributed by atoms with Crippen molar-refractivity contribution in [2.75, 3.05) is 13.1 Å². The van der Waals surface area contributed by atoms with Crippen LogP contribution >= 0.6 is 0 Å². The van der Waals surface area contributed by atoms with Gasteiger partial charge in [-0.05, 0) is 24.1 Å². The fraction of sp³-hybridized carbons (Fsp3) is 0.385. The van der Waals surface area contributed by atoms with Crippen LogP contribution in [0.3, 0.4) is 0 Å². The third-order valence-corrected chi connectivity index (χ3v) is 2.20. The molecule has 0 spiro atoms. The Morgan fingerprint density at radius 2 is 2.00 bits per heavy atom. The number of halogens is 1. The number of carbonyl (C=O) groups is 2. The van der Waals surface area contributed by atoms with Crippen molar-refractivity contribution in [3.05, 3.63) is 35.6 Å². The summed E-state index contributed by atoms with van der Waals surface area (Å²) in [6, 6.07) is 5.32. The first-order valence-electron chi connectivity index (χ1n) is 5.79. The molecule has 0 aliphatic rings. The maximum absolute atomic E-state index is 12.9. The Morgan fingerprint density at radius 3 is 2.61 bits per heavy atom. The third-order valence-electron chi connectivity index (χ3n) is 2.20. The van der Waals surface area contributed by atoms with Crippen molar-refractivity contribution in [2.24, 2.45) is 5.92 Å². The van der Waals surface area contributed by atoms with Crippen LogP contribution in [0.2, 0.25) is 0 Å². The summed E-state index contributed by atoms with van der Waals surface area (Å²) in [7, 11) is 0. The van der Waals surface area contributed by atoms with Crippen LogP contribution in [0.1, 0.15) is 24.2 Å². The van der Waals surface area contributed by atoms with E-state index in [1.54, 1.807) is 0 Å². The summed E-state index contributed by atoms with van der Waals surface area (Å²) in [6.45, 7) is 4.41. The first kappa shape index (κ1) is 14.2. The normalized spacial score (nSPS) is 10.2. The smallest absolute Gasteiger partial charge is 0.251 e. The Kier molecular flexibility index (Phi) is 5.30. The minimum absolute atomic E-state index is 0.109. The number of amides is 2. The summed E-state index contributed by atoms with van der Waals surface area (Å²) in [5, 5.41) is 5.10. The van der Waals surface area contributed by atoms with Crippen LogP contribution in [0.15, 0.2) is 24.3 Å². The Morgan fingerprint density at radius 1 is 1.28 bits per heavy atom. The molecule has 4 nitrogen and oxygen atoms in total. The molecule has 0 aromatic heterocycles. The van der Waals surface area contributed by atoms with Crippen molar-refractivity contribution in [3.63, 3.8) is 0 Å². The molecule has 0 fully saturated rings. The molecule has 0 saturated heterocycles. The van der Waals surface area contributed by atoms with Crippen LogP contribution in [-0.4, -0.2) is 24.9 Å². The highest BCUT2D eigenvalue weighted by molar-refractivity contribution is 5.96. The van der Waals surface area contributed by atoms with Gasteiger partial charge in [-0.1, -0.05) is 19.9 Å². The number of rotatable bonds is 5. The molecular formula is C13H17FN2O2. The molecule has 0 saturated carbocycles. The van der Waals surface area contributed by atoms with Crippen LogP contribution < -0.4 is 10.6 Å².